The number of carbonyl (C=O) groups excluding carboxylic acids is 1. The number of azide groups is 1. The first-order valence-corrected chi connectivity index (χ1v) is 15.0. The Morgan fingerprint density at radius 2 is 1.43 bits per heavy atom. The lowest BCUT2D eigenvalue weighted by molar-refractivity contribution is -0.286. The SMILES string of the molecule is CCCCCCCCCCCCCCCCOC[C@H](CN=[N+]=[N-])O[C@@H]1OC(C)[C@H](C)[C@H](C)C1OC(C)=O. The van der Waals surface area contributed by atoms with E-state index in [0.717, 1.165) is 12.8 Å². The maximum absolute atomic E-state index is 11.7. The summed E-state index contributed by atoms with van der Waals surface area (Å²) in [6.45, 7) is 10.9. The molecule has 0 aromatic carbocycles. The maximum atomic E-state index is 11.7. The van der Waals surface area contributed by atoms with Crippen molar-refractivity contribution in [1.82, 2.24) is 0 Å². The van der Waals surface area contributed by atoms with Crippen LogP contribution in [-0.4, -0.2) is 50.3 Å². The monoisotopic (exact) mass is 525 g/mol. The Kier molecular flexibility index (Phi) is 19.6. The molecule has 8 nitrogen and oxygen atoms in total. The van der Waals surface area contributed by atoms with Crippen molar-refractivity contribution in [3.63, 3.8) is 0 Å². The molecule has 0 N–H and O–H groups in total. The van der Waals surface area contributed by atoms with Crippen molar-refractivity contribution in [1.29, 1.82) is 0 Å². The van der Waals surface area contributed by atoms with Crippen molar-refractivity contribution in [2.45, 2.75) is 149 Å². The van der Waals surface area contributed by atoms with Gasteiger partial charge < -0.3 is 18.9 Å². The fraction of sp³-hybridized carbons (Fsp3) is 0.966. The topological polar surface area (TPSA) is 103 Å². The molecule has 8 heteroatoms. The van der Waals surface area contributed by atoms with E-state index in [1.54, 1.807) is 0 Å². The van der Waals surface area contributed by atoms with Gasteiger partial charge in [0.25, 0.3) is 0 Å². The van der Waals surface area contributed by atoms with Crippen LogP contribution in [0.1, 0.15) is 125 Å². The largest absolute Gasteiger partial charge is 0.457 e. The standard InChI is InChI=1S/C29H55N3O5/c1-6-7-8-9-10-11-12-13-14-15-16-17-18-19-20-34-22-27(21-31-32-30)37-29-28(36-26(5)33)24(3)23(2)25(4)35-29/h23-25,27-29H,6-22H2,1-5H3/t23-,24+,25?,27+,28?,29+/m1/s1. The van der Waals surface area contributed by atoms with Crippen molar-refractivity contribution in [3.8, 4) is 0 Å². The van der Waals surface area contributed by atoms with Crippen molar-refractivity contribution in [3.05, 3.63) is 10.4 Å². The predicted octanol–water partition coefficient (Wildman–Crippen LogP) is 8.13. The number of unbranched alkanes of at least 4 members (excludes halogenated alkanes) is 13. The van der Waals surface area contributed by atoms with E-state index in [4.69, 9.17) is 24.5 Å². The molecular weight excluding hydrogens is 470 g/mol. The van der Waals surface area contributed by atoms with E-state index >= 15 is 0 Å². The quantitative estimate of drug-likeness (QED) is 0.0466. The van der Waals surface area contributed by atoms with Crippen LogP contribution >= 0.6 is 0 Å². The molecule has 1 fully saturated rings. The van der Waals surface area contributed by atoms with Crippen molar-refractivity contribution in [2.75, 3.05) is 19.8 Å². The third kappa shape index (κ3) is 15.6. The summed E-state index contributed by atoms with van der Waals surface area (Å²) < 4.78 is 23.6. The Hall–Kier alpha value is -1.34. The zero-order valence-electron chi connectivity index (χ0n) is 24.4. The summed E-state index contributed by atoms with van der Waals surface area (Å²) >= 11 is 0. The lowest BCUT2D eigenvalue weighted by Gasteiger charge is -2.43. The van der Waals surface area contributed by atoms with Crippen LogP contribution in [0.2, 0.25) is 0 Å². The maximum Gasteiger partial charge on any atom is 0.303 e. The molecule has 0 amide bonds. The highest BCUT2D eigenvalue weighted by Crippen LogP contribution is 2.33. The average Bonchev–Trinajstić information content (AvgIpc) is 2.87. The fourth-order valence-corrected chi connectivity index (χ4v) is 4.92. The normalized spacial score (nSPS) is 24.4. The van der Waals surface area contributed by atoms with Crippen molar-refractivity contribution < 1.29 is 23.7 Å². The number of nitrogens with zero attached hydrogens (tertiary/aromatic N) is 3. The second-order valence-corrected chi connectivity index (χ2v) is 10.8. The molecule has 37 heavy (non-hydrogen) atoms. The Balaban J connectivity index is 2.21. The van der Waals surface area contributed by atoms with Gasteiger partial charge in [0.2, 0.25) is 0 Å². The number of rotatable bonds is 22. The summed E-state index contributed by atoms with van der Waals surface area (Å²) in [5.41, 5.74) is 8.78. The van der Waals surface area contributed by atoms with E-state index < -0.39 is 18.5 Å². The van der Waals surface area contributed by atoms with E-state index in [1.807, 2.05) is 13.8 Å². The van der Waals surface area contributed by atoms with Gasteiger partial charge in [-0.3, -0.25) is 4.79 Å². The lowest BCUT2D eigenvalue weighted by atomic mass is 9.84. The van der Waals surface area contributed by atoms with Crippen LogP contribution in [0.4, 0.5) is 0 Å². The van der Waals surface area contributed by atoms with Gasteiger partial charge in [-0.2, -0.15) is 0 Å². The van der Waals surface area contributed by atoms with E-state index in [0.29, 0.717) is 13.2 Å². The van der Waals surface area contributed by atoms with Crippen LogP contribution in [0.15, 0.2) is 5.11 Å². The molecule has 0 spiro atoms. The Labute approximate surface area is 226 Å². The molecule has 216 valence electrons. The van der Waals surface area contributed by atoms with E-state index in [2.05, 4.69) is 23.9 Å². The summed E-state index contributed by atoms with van der Waals surface area (Å²) in [6.07, 6.45) is 16.8. The smallest absolute Gasteiger partial charge is 0.303 e. The van der Waals surface area contributed by atoms with Gasteiger partial charge in [-0.15, -0.1) is 0 Å². The Morgan fingerprint density at radius 3 is 1.95 bits per heavy atom. The minimum Gasteiger partial charge on any atom is -0.457 e. The summed E-state index contributed by atoms with van der Waals surface area (Å²) in [6, 6.07) is 0. The van der Waals surface area contributed by atoms with Crippen LogP contribution < -0.4 is 0 Å². The zero-order chi connectivity index (χ0) is 27.3. The summed E-state index contributed by atoms with van der Waals surface area (Å²) in [7, 11) is 0. The van der Waals surface area contributed by atoms with Gasteiger partial charge in [0.15, 0.2) is 12.4 Å². The van der Waals surface area contributed by atoms with Crippen LogP contribution in [-0.2, 0) is 23.7 Å². The van der Waals surface area contributed by atoms with Gasteiger partial charge >= 0.3 is 5.97 Å². The first-order chi connectivity index (χ1) is 17.9. The second-order valence-electron chi connectivity index (χ2n) is 10.8. The van der Waals surface area contributed by atoms with Crippen LogP contribution in [0, 0.1) is 11.8 Å². The highest BCUT2D eigenvalue weighted by molar-refractivity contribution is 5.66. The molecule has 1 saturated heterocycles. The van der Waals surface area contributed by atoms with Gasteiger partial charge in [0.05, 0.1) is 25.4 Å². The molecule has 0 aromatic heterocycles. The number of esters is 1. The third-order valence-corrected chi connectivity index (χ3v) is 7.63. The van der Waals surface area contributed by atoms with Crippen molar-refractivity contribution in [2.24, 2.45) is 17.0 Å². The average molecular weight is 526 g/mol. The molecule has 0 aliphatic carbocycles. The van der Waals surface area contributed by atoms with Gasteiger partial charge in [-0.25, -0.2) is 0 Å². The van der Waals surface area contributed by atoms with Gasteiger partial charge in [0, 0.05) is 24.4 Å². The molecule has 1 rings (SSSR count). The predicted molar refractivity (Wildman–Crippen MR) is 148 cm³/mol. The fourth-order valence-electron chi connectivity index (χ4n) is 4.92. The molecule has 0 aromatic rings. The summed E-state index contributed by atoms with van der Waals surface area (Å²) in [5, 5.41) is 3.68. The number of carbonyl (C=O) groups is 1. The zero-order valence-corrected chi connectivity index (χ0v) is 24.4. The Bertz CT molecular complexity index is 629. The molecule has 0 saturated carbocycles. The van der Waals surface area contributed by atoms with Crippen molar-refractivity contribution >= 4 is 5.97 Å². The van der Waals surface area contributed by atoms with Crippen LogP contribution in [0.5, 0.6) is 0 Å². The van der Waals surface area contributed by atoms with Crippen LogP contribution in [0.3, 0.4) is 0 Å². The van der Waals surface area contributed by atoms with E-state index in [1.165, 1.54) is 84.0 Å². The molecule has 0 bridgehead atoms. The van der Waals surface area contributed by atoms with E-state index in [-0.39, 0.29) is 30.5 Å². The minimum atomic E-state index is -0.714. The number of hydrogen-bond acceptors (Lipinski definition) is 6. The number of hydrogen-bond donors (Lipinski definition) is 0. The first kappa shape index (κ1) is 33.7. The molecular formula is C29H55N3O5. The second kappa shape index (κ2) is 21.6. The van der Waals surface area contributed by atoms with E-state index in [9.17, 15) is 4.79 Å². The van der Waals surface area contributed by atoms with Gasteiger partial charge in [-0.05, 0) is 24.8 Å². The molecule has 1 aliphatic rings. The minimum absolute atomic E-state index is 0.0385. The molecule has 0 radical (unpaired) electrons. The Morgan fingerprint density at radius 1 is 0.892 bits per heavy atom. The first-order valence-electron chi connectivity index (χ1n) is 15.0. The molecule has 1 heterocycles. The number of ether oxygens (including phenoxy) is 4. The molecule has 6 atom stereocenters. The third-order valence-electron chi connectivity index (χ3n) is 7.63. The van der Waals surface area contributed by atoms with Crippen LogP contribution in [0.25, 0.3) is 10.4 Å². The molecule has 1 aliphatic heterocycles. The molecule has 2 unspecified atom stereocenters. The lowest BCUT2D eigenvalue weighted by Crippen LogP contribution is -2.52. The summed E-state index contributed by atoms with van der Waals surface area (Å²) in [4.78, 5) is 14.5. The highest BCUT2D eigenvalue weighted by Gasteiger charge is 2.43. The van der Waals surface area contributed by atoms with Gasteiger partial charge in [0.1, 0.15) is 0 Å². The summed E-state index contributed by atoms with van der Waals surface area (Å²) in [5.74, 6) is -0.0676. The van der Waals surface area contributed by atoms with Gasteiger partial charge in [-0.1, -0.05) is 109 Å². The highest BCUT2D eigenvalue weighted by atomic mass is 16.7.